The van der Waals surface area contributed by atoms with Gasteiger partial charge in [0.05, 0.1) is 0 Å². The summed E-state index contributed by atoms with van der Waals surface area (Å²) in [5.41, 5.74) is 3.32. The highest BCUT2D eigenvalue weighted by Crippen LogP contribution is 2.42. The Morgan fingerprint density at radius 2 is 1.67 bits per heavy atom. The first-order valence-corrected chi connectivity index (χ1v) is 10.6. The van der Waals surface area contributed by atoms with Crippen LogP contribution >= 0.6 is 11.3 Å². The van der Waals surface area contributed by atoms with Crippen LogP contribution in [0.2, 0.25) is 0 Å². The van der Waals surface area contributed by atoms with E-state index >= 15 is 0 Å². The van der Waals surface area contributed by atoms with E-state index in [9.17, 15) is 0 Å². The second-order valence-corrected chi connectivity index (χ2v) is 7.99. The zero-order valence-electron chi connectivity index (χ0n) is 16.0. The minimum absolute atomic E-state index is 0.271. The molecule has 0 radical (unpaired) electrons. The molecule has 2 aliphatic rings. The number of thiophene rings is 1. The van der Waals surface area contributed by atoms with Crippen molar-refractivity contribution in [3.8, 4) is 34.1 Å². The zero-order valence-corrected chi connectivity index (χ0v) is 16.8. The third-order valence-corrected chi connectivity index (χ3v) is 6.18. The first kappa shape index (κ1) is 17.4. The van der Waals surface area contributed by atoms with Crippen molar-refractivity contribution >= 4 is 27.2 Å². The van der Waals surface area contributed by atoms with Crippen molar-refractivity contribution in [2.45, 2.75) is 6.54 Å². The molecule has 4 heterocycles. The molecular formula is C23H18N2O4S. The number of aromatic nitrogens is 1. The number of fused-ring (bicyclic) bond motifs is 3. The molecule has 0 amide bonds. The molecule has 0 spiro atoms. The Balaban J connectivity index is 1.33. The van der Waals surface area contributed by atoms with Gasteiger partial charge in [-0.15, -0.1) is 11.3 Å². The molecule has 0 bridgehead atoms. The van der Waals surface area contributed by atoms with E-state index in [-0.39, 0.29) is 6.79 Å². The molecule has 30 heavy (non-hydrogen) atoms. The Kier molecular flexibility index (Phi) is 4.12. The summed E-state index contributed by atoms with van der Waals surface area (Å²) in [5.74, 6) is 4.02. The van der Waals surface area contributed by atoms with Gasteiger partial charge in [0.2, 0.25) is 6.79 Å². The molecule has 2 aromatic carbocycles. The van der Waals surface area contributed by atoms with Gasteiger partial charge >= 0.3 is 0 Å². The summed E-state index contributed by atoms with van der Waals surface area (Å²) in [5, 5.41) is 6.78. The molecular weight excluding hydrogens is 400 g/mol. The monoisotopic (exact) mass is 418 g/mol. The number of nitrogens with one attached hydrogen (secondary N) is 1. The van der Waals surface area contributed by atoms with Crippen molar-refractivity contribution in [2.24, 2.45) is 0 Å². The fraction of sp³-hybridized carbons (Fsp3) is 0.174. The van der Waals surface area contributed by atoms with Gasteiger partial charge in [0.15, 0.2) is 23.0 Å². The Morgan fingerprint density at radius 1 is 0.867 bits per heavy atom. The second kappa shape index (κ2) is 7.11. The number of anilines is 1. The lowest BCUT2D eigenvalue weighted by molar-refractivity contribution is 0.171. The molecule has 0 saturated carbocycles. The van der Waals surface area contributed by atoms with Gasteiger partial charge in [-0.2, -0.15) is 0 Å². The maximum Gasteiger partial charge on any atom is 0.231 e. The highest BCUT2D eigenvalue weighted by atomic mass is 32.1. The summed E-state index contributed by atoms with van der Waals surface area (Å²) >= 11 is 1.71. The predicted molar refractivity (Wildman–Crippen MR) is 116 cm³/mol. The van der Waals surface area contributed by atoms with Crippen molar-refractivity contribution in [1.29, 1.82) is 0 Å². The van der Waals surface area contributed by atoms with Gasteiger partial charge in [0.1, 0.15) is 19.0 Å². The van der Waals surface area contributed by atoms with E-state index in [0.717, 1.165) is 50.9 Å². The molecule has 6 nitrogen and oxygen atoms in total. The van der Waals surface area contributed by atoms with E-state index in [1.165, 1.54) is 4.70 Å². The fourth-order valence-corrected chi connectivity index (χ4v) is 4.74. The SMILES string of the molecule is c1cc2scc(-c3ccc4c(c3)OCO4)c2c(NCc2ccc3c(c2)OCCO3)n1. The van der Waals surface area contributed by atoms with Gasteiger partial charge in [0, 0.05) is 28.4 Å². The summed E-state index contributed by atoms with van der Waals surface area (Å²) in [6.45, 7) is 2.09. The van der Waals surface area contributed by atoms with Gasteiger partial charge in [-0.3, -0.25) is 0 Å². The lowest BCUT2D eigenvalue weighted by Crippen LogP contribution is -2.15. The van der Waals surface area contributed by atoms with Gasteiger partial charge in [-0.05, 0) is 46.8 Å². The standard InChI is InChI=1S/C23H18N2O4S/c1-3-17-19(27-8-7-26-17)9-14(1)11-25-23-22-16(12-30-21(22)5-6-24-23)15-2-4-18-20(10-15)29-13-28-18/h1-6,9-10,12H,7-8,11,13H2,(H,24,25). The van der Waals surface area contributed by atoms with E-state index in [1.54, 1.807) is 11.3 Å². The number of hydrogen-bond donors (Lipinski definition) is 1. The van der Waals surface area contributed by atoms with Crippen LogP contribution in [-0.2, 0) is 6.54 Å². The van der Waals surface area contributed by atoms with E-state index in [1.807, 2.05) is 42.6 Å². The van der Waals surface area contributed by atoms with Crippen LogP contribution in [0.4, 0.5) is 5.82 Å². The number of rotatable bonds is 4. The van der Waals surface area contributed by atoms with E-state index in [4.69, 9.17) is 18.9 Å². The summed E-state index contributed by atoms with van der Waals surface area (Å²) < 4.78 is 23.5. The van der Waals surface area contributed by atoms with Gasteiger partial charge < -0.3 is 24.3 Å². The molecule has 6 rings (SSSR count). The highest BCUT2D eigenvalue weighted by molar-refractivity contribution is 7.17. The maximum atomic E-state index is 5.70. The lowest BCUT2D eigenvalue weighted by atomic mass is 10.0. The maximum absolute atomic E-state index is 5.70. The highest BCUT2D eigenvalue weighted by Gasteiger charge is 2.18. The molecule has 0 saturated heterocycles. The molecule has 150 valence electrons. The van der Waals surface area contributed by atoms with Crippen LogP contribution in [0.3, 0.4) is 0 Å². The number of hydrogen-bond acceptors (Lipinski definition) is 7. The topological polar surface area (TPSA) is 61.8 Å². The quantitative estimate of drug-likeness (QED) is 0.499. The zero-order chi connectivity index (χ0) is 19.9. The Morgan fingerprint density at radius 3 is 2.63 bits per heavy atom. The second-order valence-electron chi connectivity index (χ2n) is 7.08. The molecule has 0 unspecified atom stereocenters. The van der Waals surface area contributed by atoms with Crippen LogP contribution in [0.15, 0.2) is 54.0 Å². The van der Waals surface area contributed by atoms with E-state index < -0.39 is 0 Å². The fourth-order valence-electron chi connectivity index (χ4n) is 3.78. The number of ether oxygens (including phenoxy) is 4. The lowest BCUT2D eigenvalue weighted by Gasteiger charge is -2.19. The van der Waals surface area contributed by atoms with Crippen LogP contribution in [0, 0.1) is 0 Å². The van der Waals surface area contributed by atoms with Crippen molar-refractivity contribution in [3.05, 3.63) is 59.6 Å². The molecule has 0 aliphatic carbocycles. The Labute approximate surface area is 177 Å². The van der Waals surface area contributed by atoms with Crippen molar-refractivity contribution < 1.29 is 18.9 Å². The van der Waals surface area contributed by atoms with Crippen LogP contribution < -0.4 is 24.3 Å². The van der Waals surface area contributed by atoms with Crippen LogP contribution in [-0.4, -0.2) is 25.0 Å². The third kappa shape index (κ3) is 2.98. The number of benzene rings is 2. The van der Waals surface area contributed by atoms with Crippen LogP contribution in [0.5, 0.6) is 23.0 Å². The van der Waals surface area contributed by atoms with Crippen molar-refractivity contribution in [1.82, 2.24) is 4.98 Å². The third-order valence-electron chi connectivity index (χ3n) is 5.24. The Hall–Kier alpha value is -3.45. The average molecular weight is 418 g/mol. The molecule has 4 aromatic rings. The normalized spacial score (nSPS) is 14.1. The van der Waals surface area contributed by atoms with Crippen LogP contribution in [0.25, 0.3) is 21.2 Å². The smallest absolute Gasteiger partial charge is 0.231 e. The number of nitrogens with zero attached hydrogens (tertiary/aromatic N) is 1. The van der Waals surface area contributed by atoms with E-state index in [0.29, 0.717) is 19.8 Å². The van der Waals surface area contributed by atoms with Crippen molar-refractivity contribution in [2.75, 3.05) is 25.3 Å². The first-order valence-electron chi connectivity index (χ1n) is 9.74. The first-order chi connectivity index (χ1) is 14.8. The van der Waals surface area contributed by atoms with Crippen molar-refractivity contribution in [3.63, 3.8) is 0 Å². The minimum Gasteiger partial charge on any atom is -0.486 e. The van der Waals surface area contributed by atoms with Gasteiger partial charge in [-0.25, -0.2) is 4.98 Å². The van der Waals surface area contributed by atoms with Gasteiger partial charge in [0.25, 0.3) is 0 Å². The minimum atomic E-state index is 0.271. The summed E-state index contributed by atoms with van der Waals surface area (Å²) in [6, 6.07) is 14.1. The molecule has 1 N–H and O–H groups in total. The number of pyridine rings is 1. The molecule has 0 fully saturated rings. The summed E-state index contributed by atoms with van der Waals surface area (Å²) in [6.07, 6.45) is 1.84. The largest absolute Gasteiger partial charge is 0.486 e. The van der Waals surface area contributed by atoms with E-state index in [2.05, 4.69) is 21.7 Å². The Bertz CT molecular complexity index is 1250. The molecule has 2 aromatic heterocycles. The van der Waals surface area contributed by atoms with Gasteiger partial charge in [-0.1, -0.05) is 12.1 Å². The molecule has 7 heteroatoms. The van der Waals surface area contributed by atoms with Crippen LogP contribution in [0.1, 0.15) is 5.56 Å². The summed E-state index contributed by atoms with van der Waals surface area (Å²) in [4.78, 5) is 4.62. The molecule has 2 aliphatic heterocycles. The summed E-state index contributed by atoms with van der Waals surface area (Å²) in [7, 11) is 0. The average Bonchev–Trinajstić information content (AvgIpc) is 3.44. The molecule has 0 atom stereocenters. The predicted octanol–water partition coefficient (Wildman–Crippen LogP) is 5.08.